The molecule has 0 aliphatic carbocycles. The molecule has 0 saturated heterocycles. The largest absolute Gasteiger partial charge is 0.496 e. The Labute approximate surface area is 113 Å². The van der Waals surface area contributed by atoms with E-state index in [1.807, 2.05) is 39.0 Å². The number of hydrogen-bond donors (Lipinski definition) is 0. The molecule has 0 bridgehead atoms. The highest BCUT2D eigenvalue weighted by Gasteiger charge is 2.18. The summed E-state index contributed by atoms with van der Waals surface area (Å²) < 4.78 is 21.6. The fraction of sp³-hybridized carbons (Fsp3) is 0.417. The van der Waals surface area contributed by atoms with Crippen LogP contribution < -0.4 is 4.74 Å². The predicted octanol–water partition coefficient (Wildman–Crippen LogP) is 3.34. The van der Waals surface area contributed by atoms with E-state index in [2.05, 4.69) is 20.3 Å². The second-order valence-corrected chi connectivity index (χ2v) is 7.24. The van der Waals surface area contributed by atoms with E-state index in [0.717, 1.165) is 10.0 Å². The first-order valence-corrected chi connectivity index (χ1v) is 7.05. The van der Waals surface area contributed by atoms with Crippen molar-refractivity contribution in [2.24, 2.45) is 4.40 Å². The van der Waals surface area contributed by atoms with Gasteiger partial charge in [0.05, 0.1) is 11.9 Å². The molecule has 0 fully saturated rings. The summed E-state index contributed by atoms with van der Waals surface area (Å²) in [5.41, 5.74) is 0.799. The molecule has 0 heterocycles. The van der Waals surface area contributed by atoms with E-state index in [1.165, 1.54) is 0 Å². The van der Waals surface area contributed by atoms with Gasteiger partial charge in [-0.15, -0.1) is 0 Å². The van der Waals surface area contributed by atoms with Gasteiger partial charge in [0.2, 0.25) is 0 Å². The third-order valence-electron chi connectivity index (χ3n) is 2.03. The summed E-state index contributed by atoms with van der Waals surface area (Å²) in [7, 11) is 0.334. The van der Waals surface area contributed by atoms with Gasteiger partial charge >= 0.3 is 0 Å². The molecule has 0 spiro atoms. The number of rotatable bonds is 3. The van der Waals surface area contributed by atoms with Crippen LogP contribution in [0.1, 0.15) is 26.3 Å². The van der Waals surface area contributed by atoms with Crippen LogP contribution in [0, 0.1) is 0 Å². The molecule has 0 saturated carbocycles. The Balaban J connectivity index is 3.03. The van der Waals surface area contributed by atoms with Crippen molar-refractivity contribution in [2.45, 2.75) is 25.5 Å². The van der Waals surface area contributed by atoms with Crippen LogP contribution in [-0.2, 0) is 11.0 Å². The first-order chi connectivity index (χ1) is 7.86. The zero-order chi connectivity index (χ0) is 13.1. The molecule has 17 heavy (non-hydrogen) atoms. The van der Waals surface area contributed by atoms with Crippen LogP contribution in [0.3, 0.4) is 0 Å². The normalized spacial score (nSPS) is 13.9. The van der Waals surface area contributed by atoms with Gasteiger partial charge in [0.15, 0.2) is 0 Å². The van der Waals surface area contributed by atoms with Crippen molar-refractivity contribution in [3.63, 3.8) is 0 Å². The number of nitrogens with zero attached hydrogens (tertiary/aromatic N) is 1. The lowest BCUT2D eigenvalue weighted by atomic mass is 10.2. The molecule has 0 aliphatic heterocycles. The molecule has 94 valence electrons. The Kier molecular flexibility index (Phi) is 4.89. The van der Waals surface area contributed by atoms with Crippen LogP contribution in [0.25, 0.3) is 0 Å². The first-order valence-electron chi connectivity index (χ1n) is 5.15. The summed E-state index contributed by atoms with van der Waals surface area (Å²) in [6.07, 6.45) is 1.59. The smallest absolute Gasteiger partial charge is 0.144 e. The lowest BCUT2D eigenvalue weighted by Crippen LogP contribution is -2.19. The van der Waals surface area contributed by atoms with E-state index in [9.17, 15) is 4.21 Å². The van der Waals surface area contributed by atoms with E-state index in [-0.39, 0.29) is 4.75 Å². The van der Waals surface area contributed by atoms with Crippen molar-refractivity contribution in [3.05, 3.63) is 28.2 Å². The first kappa shape index (κ1) is 14.4. The second-order valence-electron chi connectivity index (χ2n) is 4.45. The number of ether oxygens (including phenoxy) is 1. The van der Waals surface area contributed by atoms with Crippen molar-refractivity contribution in [1.82, 2.24) is 0 Å². The van der Waals surface area contributed by atoms with E-state index in [0.29, 0.717) is 5.75 Å². The molecule has 1 rings (SSSR count). The Morgan fingerprint density at radius 1 is 1.41 bits per heavy atom. The van der Waals surface area contributed by atoms with Crippen LogP contribution in [0.15, 0.2) is 27.1 Å². The average Bonchev–Trinajstić information content (AvgIpc) is 2.25. The zero-order valence-electron chi connectivity index (χ0n) is 10.4. The molecule has 0 unspecified atom stereocenters. The maximum Gasteiger partial charge on any atom is 0.144 e. The Morgan fingerprint density at radius 3 is 2.59 bits per heavy atom. The van der Waals surface area contributed by atoms with Crippen molar-refractivity contribution >= 4 is 33.1 Å². The zero-order valence-corrected chi connectivity index (χ0v) is 12.8. The minimum atomic E-state index is -1.26. The van der Waals surface area contributed by atoms with Crippen molar-refractivity contribution in [2.75, 3.05) is 7.11 Å². The maximum absolute atomic E-state index is 11.8. The number of benzene rings is 1. The van der Waals surface area contributed by atoms with E-state index >= 15 is 0 Å². The van der Waals surface area contributed by atoms with Crippen molar-refractivity contribution < 1.29 is 8.95 Å². The number of methoxy groups -OCH3 is 1. The van der Waals surface area contributed by atoms with Gasteiger partial charge in [0.25, 0.3) is 0 Å². The molecular weight excluding hydrogens is 302 g/mol. The highest BCUT2D eigenvalue weighted by molar-refractivity contribution is 9.10. The number of halogens is 1. The third-order valence-corrected chi connectivity index (χ3v) is 4.07. The van der Waals surface area contributed by atoms with Crippen LogP contribution in [0.2, 0.25) is 0 Å². The maximum atomic E-state index is 11.8. The molecule has 1 atom stereocenters. The molecular formula is C12H16BrNO2S. The minimum absolute atomic E-state index is 0.356. The summed E-state index contributed by atoms with van der Waals surface area (Å²) in [6, 6.07) is 5.61. The van der Waals surface area contributed by atoms with Gasteiger partial charge in [-0.3, -0.25) is 0 Å². The van der Waals surface area contributed by atoms with Gasteiger partial charge in [0.1, 0.15) is 16.7 Å². The Morgan fingerprint density at radius 2 is 2.06 bits per heavy atom. The van der Waals surface area contributed by atoms with Crippen LogP contribution in [0.4, 0.5) is 0 Å². The third kappa shape index (κ3) is 3.92. The minimum Gasteiger partial charge on any atom is -0.496 e. The van der Waals surface area contributed by atoms with Crippen LogP contribution in [0.5, 0.6) is 5.75 Å². The second kappa shape index (κ2) is 5.78. The van der Waals surface area contributed by atoms with Gasteiger partial charge in [-0.2, -0.15) is 4.40 Å². The van der Waals surface area contributed by atoms with Gasteiger partial charge in [-0.25, -0.2) is 4.21 Å². The highest BCUT2D eigenvalue weighted by atomic mass is 79.9. The average molecular weight is 318 g/mol. The SMILES string of the molecule is COc1cccc(Br)c1/C=N/[S@](=O)C(C)(C)C. The molecule has 0 radical (unpaired) electrons. The summed E-state index contributed by atoms with van der Waals surface area (Å²) in [4.78, 5) is 0. The molecule has 3 nitrogen and oxygen atoms in total. The predicted molar refractivity (Wildman–Crippen MR) is 76.2 cm³/mol. The Bertz CT molecular complexity index is 452. The van der Waals surface area contributed by atoms with Gasteiger partial charge in [0, 0.05) is 16.3 Å². The molecule has 1 aromatic carbocycles. The molecule has 0 aliphatic rings. The van der Waals surface area contributed by atoms with Gasteiger partial charge < -0.3 is 4.74 Å². The summed E-state index contributed by atoms with van der Waals surface area (Å²) >= 11 is 3.42. The molecule has 0 N–H and O–H groups in total. The molecule has 0 aromatic heterocycles. The van der Waals surface area contributed by atoms with Crippen LogP contribution in [-0.4, -0.2) is 22.3 Å². The van der Waals surface area contributed by atoms with E-state index < -0.39 is 11.0 Å². The number of hydrogen-bond acceptors (Lipinski definition) is 2. The van der Waals surface area contributed by atoms with Crippen molar-refractivity contribution in [3.8, 4) is 5.75 Å². The fourth-order valence-electron chi connectivity index (χ4n) is 1.08. The lowest BCUT2D eigenvalue weighted by molar-refractivity contribution is 0.414. The topological polar surface area (TPSA) is 38.7 Å². The van der Waals surface area contributed by atoms with Crippen LogP contribution >= 0.6 is 15.9 Å². The standard InChI is InChI=1S/C12H16BrNO2S/c1-12(2,3)17(15)14-8-9-10(13)6-5-7-11(9)16-4/h5-8H,1-4H3/b14-8+/t17-/m1/s1. The van der Waals surface area contributed by atoms with Gasteiger partial charge in [-0.1, -0.05) is 6.07 Å². The van der Waals surface area contributed by atoms with E-state index in [4.69, 9.17) is 4.74 Å². The molecule has 5 heteroatoms. The van der Waals surface area contributed by atoms with Gasteiger partial charge in [-0.05, 0) is 48.8 Å². The summed E-state index contributed by atoms with van der Waals surface area (Å²) in [5.74, 6) is 0.703. The molecule has 1 aromatic rings. The Hall–Kier alpha value is -0.680. The van der Waals surface area contributed by atoms with Crippen molar-refractivity contribution in [1.29, 1.82) is 0 Å². The fourth-order valence-corrected chi connectivity index (χ4v) is 2.05. The monoisotopic (exact) mass is 317 g/mol. The summed E-state index contributed by atoms with van der Waals surface area (Å²) in [5, 5.41) is 0. The quantitative estimate of drug-likeness (QED) is 0.802. The lowest BCUT2D eigenvalue weighted by Gasteiger charge is -2.13. The summed E-state index contributed by atoms with van der Waals surface area (Å²) in [6.45, 7) is 5.66. The highest BCUT2D eigenvalue weighted by Crippen LogP contribution is 2.25. The van der Waals surface area contributed by atoms with E-state index in [1.54, 1.807) is 13.3 Å². The molecule has 0 amide bonds.